The van der Waals surface area contributed by atoms with E-state index in [-0.39, 0.29) is 36.8 Å². The fourth-order valence-electron chi connectivity index (χ4n) is 5.19. The van der Waals surface area contributed by atoms with Crippen molar-refractivity contribution in [3.63, 3.8) is 0 Å². The van der Waals surface area contributed by atoms with E-state index in [1.807, 2.05) is 34.1 Å². The molecule has 2 N–H and O–H groups in total. The molecule has 178 valence electrons. The number of piperazine rings is 1. The fourth-order valence-corrected chi connectivity index (χ4v) is 5.19. The molecule has 0 spiro atoms. The molecule has 1 saturated carbocycles. The number of hydrogen-bond acceptors (Lipinski definition) is 5. The van der Waals surface area contributed by atoms with Crippen LogP contribution in [0.25, 0.3) is 11.1 Å². The number of fused-ring (bicyclic) bond motifs is 3. The van der Waals surface area contributed by atoms with E-state index in [9.17, 15) is 14.4 Å². The minimum atomic E-state index is -0.846. The van der Waals surface area contributed by atoms with Gasteiger partial charge in [0.1, 0.15) is 6.61 Å². The molecule has 0 bridgehead atoms. The lowest BCUT2D eigenvalue weighted by molar-refractivity contribution is -0.139. The lowest BCUT2D eigenvalue weighted by Gasteiger charge is -2.34. The van der Waals surface area contributed by atoms with E-state index in [1.165, 1.54) is 22.3 Å². The number of nitrogens with zero attached hydrogens (tertiary/aromatic N) is 2. The molecule has 1 saturated heterocycles. The van der Waals surface area contributed by atoms with Crippen LogP contribution in [-0.4, -0.2) is 78.8 Å². The average molecular weight is 464 g/mol. The molecule has 0 unspecified atom stereocenters. The van der Waals surface area contributed by atoms with Gasteiger partial charge in [-0.05, 0) is 34.6 Å². The Bertz CT molecular complexity index is 1050. The summed E-state index contributed by atoms with van der Waals surface area (Å²) >= 11 is 0. The Labute approximate surface area is 198 Å². The number of carboxylic acids is 1. The monoisotopic (exact) mass is 463 g/mol. The smallest absolute Gasteiger partial charge is 0.407 e. The third-order valence-electron chi connectivity index (χ3n) is 7.13. The van der Waals surface area contributed by atoms with Crippen molar-refractivity contribution in [2.45, 2.75) is 12.3 Å². The van der Waals surface area contributed by atoms with E-state index in [0.29, 0.717) is 32.7 Å². The molecule has 2 fully saturated rings. The Morgan fingerprint density at radius 2 is 1.56 bits per heavy atom. The van der Waals surface area contributed by atoms with Gasteiger partial charge in [-0.25, -0.2) is 4.79 Å². The number of amides is 2. The molecule has 2 aromatic rings. The van der Waals surface area contributed by atoms with Crippen molar-refractivity contribution in [1.82, 2.24) is 15.1 Å². The van der Waals surface area contributed by atoms with Crippen molar-refractivity contribution in [2.24, 2.45) is 11.8 Å². The summed E-state index contributed by atoms with van der Waals surface area (Å²) in [5.74, 6) is -0.659. The Kier molecular flexibility index (Phi) is 6.24. The second kappa shape index (κ2) is 9.46. The molecule has 34 heavy (non-hydrogen) atoms. The van der Waals surface area contributed by atoms with Crippen LogP contribution in [0.5, 0.6) is 0 Å². The first kappa shape index (κ1) is 22.4. The summed E-state index contributed by atoms with van der Waals surface area (Å²) in [4.78, 5) is 39.6. The number of carbonyl (C=O) groups is 3. The van der Waals surface area contributed by atoms with Crippen LogP contribution in [0.1, 0.15) is 23.5 Å². The molecule has 0 aromatic heterocycles. The Morgan fingerprint density at radius 3 is 2.18 bits per heavy atom. The Morgan fingerprint density at radius 1 is 0.941 bits per heavy atom. The summed E-state index contributed by atoms with van der Waals surface area (Å²) in [6.07, 6.45) is 0.305. The maximum absolute atomic E-state index is 12.7. The second-order valence-electron chi connectivity index (χ2n) is 9.30. The Balaban J connectivity index is 1.07. The van der Waals surface area contributed by atoms with Crippen LogP contribution >= 0.6 is 0 Å². The number of carbonyl (C=O) groups excluding carboxylic acids is 2. The van der Waals surface area contributed by atoms with Gasteiger partial charge in [0.2, 0.25) is 5.91 Å². The van der Waals surface area contributed by atoms with Crippen molar-refractivity contribution in [1.29, 1.82) is 0 Å². The first-order chi connectivity index (χ1) is 16.5. The molecule has 8 nitrogen and oxygen atoms in total. The molecular formula is C26H29N3O5. The number of alkyl carbamates (subject to hydrolysis) is 1. The van der Waals surface area contributed by atoms with E-state index >= 15 is 0 Å². The van der Waals surface area contributed by atoms with Crippen molar-refractivity contribution >= 4 is 18.0 Å². The zero-order chi connectivity index (χ0) is 23.7. The van der Waals surface area contributed by atoms with Gasteiger partial charge in [0.15, 0.2) is 0 Å². The number of benzene rings is 2. The van der Waals surface area contributed by atoms with Crippen LogP contribution in [0.4, 0.5) is 4.79 Å². The molecule has 2 aromatic carbocycles. The van der Waals surface area contributed by atoms with E-state index in [2.05, 4.69) is 29.6 Å². The van der Waals surface area contributed by atoms with Gasteiger partial charge >= 0.3 is 12.1 Å². The quantitative estimate of drug-likeness (QED) is 0.654. The molecule has 0 radical (unpaired) electrons. The highest BCUT2D eigenvalue weighted by atomic mass is 16.5. The summed E-state index contributed by atoms with van der Waals surface area (Å²) in [5, 5.41) is 11.7. The average Bonchev–Trinajstić information content (AvgIpc) is 3.56. The van der Waals surface area contributed by atoms with E-state index in [4.69, 9.17) is 9.84 Å². The summed E-state index contributed by atoms with van der Waals surface area (Å²) in [5.41, 5.74) is 4.73. The van der Waals surface area contributed by atoms with Gasteiger partial charge in [0, 0.05) is 44.6 Å². The minimum Gasteiger partial charge on any atom is -0.480 e. The number of carboxylic acid groups (broad SMARTS) is 1. The number of rotatable bonds is 7. The lowest BCUT2D eigenvalue weighted by atomic mass is 9.98. The number of hydrogen-bond donors (Lipinski definition) is 2. The van der Waals surface area contributed by atoms with E-state index < -0.39 is 12.1 Å². The van der Waals surface area contributed by atoms with Crippen LogP contribution in [0.3, 0.4) is 0 Å². The van der Waals surface area contributed by atoms with Crippen molar-refractivity contribution in [3.8, 4) is 11.1 Å². The van der Waals surface area contributed by atoms with Gasteiger partial charge in [0.25, 0.3) is 0 Å². The van der Waals surface area contributed by atoms with Crippen molar-refractivity contribution in [3.05, 3.63) is 59.7 Å². The molecule has 3 aliphatic rings. The number of nitrogens with one attached hydrogen (secondary N) is 1. The predicted octanol–water partition coefficient (Wildman–Crippen LogP) is 2.39. The molecule has 2 amide bonds. The second-order valence-corrected chi connectivity index (χ2v) is 9.30. The zero-order valence-corrected chi connectivity index (χ0v) is 19.0. The summed E-state index contributed by atoms with van der Waals surface area (Å²) in [7, 11) is 0. The predicted molar refractivity (Wildman–Crippen MR) is 125 cm³/mol. The van der Waals surface area contributed by atoms with Crippen molar-refractivity contribution < 1.29 is 24.2 Å². The first-order valence-corrected chi connectivity index (χ1v) is 11.8. The molecular weight excluding hydrogens is 434 g/mol. The first-order valence-electron chi connectivity index (χ1n) is 11.8. The highest BCUT2D eigenvalue weighted by molar-refractivity contribution is 5.82. The fraction of sp³-hybridized carbons (Fsp3) is 0.423. The van der Waals surface area contributed by atoms with Gasteiger partial charge in [-0.1, -0.05) is 48.5 Å². The van der Waals surface area contributed by atoms with Crippen LogP contribution in [-0.2, 0) is 14.3 Å². The van der Waals surface area contributed by atoms with Gasteiger partial charge in [-0.2, -0.15) is 0 Å². The molecule has 8 heteroatoms. The molecule has 1 aliphatic heterocycles. The van der Waals surface area contributed by atoms with Crippen LogP contribution in [0.2, 0.25) is 0 Å². The topological polar surface area (TPSA) is 99.2 Å². The standard InChI is InChI=1S/C26H29N3O5/c30-24(31)15-28-9-11-29(12-10-28)25(32)22-13-17(22)14-27-26(33)34-16-23-20-7-3-1-5-18(20)19-6-2-4-8-21(19)23/h1-8,17,22-23H,9-16H2,(H,27,33)(H,30,31)/t17-,22-/m0/s1. The number of aliphatic carboxylic acids is 1. The summed E-state index contributed by atoms with van der Waals surface area (Å²) in [6, 6.07) is 16.4. The Hall–Kier alpha value is -3.39. The van der Waals surface area contributed by atoms with Gasteiger partial charge < -0.3 is 20.1 Å². The highest BCUT2D eigenvalue weighted by Gasteiger charge is 2.45. The minimum absolute atomic E-state index is 0.0120. The van der Waals surface area contributed by atoms with Crippen LogP contribution in [0.15, 0.2) is 48.5 Å². The molecule has 2 aliphatic carbocycles. The maximum Gasteiger partial charge on any atom is 0.407 e. The lowest BCUT2D eigenvalue weighted by Crippen LogP contribution is -2.50. The summed E-state index contributed by atoms with van der Waals surface area (Å²) in [6.45, 7) is 2.96. The number of ether oxygens (including phenoxy) is 1. The van der Waals surface area contributed by atoms with E-state index in [0.717, 1.165) is 6.42 Å². The van der Waals surface area contributed by atoms with Gasteiger partial charge in [0.05, 0.1) is 6.54 Å². The van der Waals surface area contributed by atoms with Crippen molar-refractivity contribution in [2.75, 3.05) is 45.9 Å². The van der Waals surface area contributed by atoms with Crippen LogP contribution < -0.4 is 5.32 Å². The van der Waals surface area contributed by atoms with E-state index in [1.54, 1.807) is 0 Å². The molecule has 2 atom stereocenters. The largest absolute Gasteiger partial charge is 0.480 e. The zero-order valence-electron chi connectivity index (χ0n) is 19.0. The maximum atomic E-state index is 12.7. The third-order valence-corrected chi connectivity index (χ3v) is 7.13. The molecule has 1 heterocycles. The summed E-state index contributed by atoms with van der Waals surface area (Å²) < 4.78 is 5.57. The molecule has 5 rings (SSSR count). The third kappa shape index (κ3) is 4.63. The highest BCUT2D eigenvalue weighted by Crippen LogP contribution is 2.44. The van der Waals surface area contributed by atoms with Crippen LogP contribution in [0, 0.1) is 11.8 Å². The SMILES string of the molecule is O=C(O)CN1CCN(C(=O)[C@H]2C[C@H]2CNC(=O)OCC2c3ccccc3-c3ccccc32)CC1. The normalized spacial score (nSPS) is 21.5. The van der Waals surface area contributed by atoms with Gasteiger partial charge in [-0.15, -0.1) is 0 Å². The van der Waals surface area contributed by atoms with Gasteiger partial charge in [-0.3, -0.25) is 14.5 Å².